The molecule has 1 aromatic carbocycles. The number of aryl methyl sites for hydroxylation is 1. The summed E-state index contributed by atoms with van der Waals surface area (Å²) in [6.45, 7) is 7.75. The number of benzene rings is 1. The summed E-state index contributed by atoms with van der Waals surface area (Å²) < 4.78 is 5.44. The van der Waals surface area contributed by atoms with Crippen LogP contribution < -0.4 is 4.90 Å². The summed E-state index contributed by atoms with van der Waals surface area (Å²) in [6.07, 6.45) is 6.10. The second-order valence-electron chi connectivity index (χ2n) is 6.75. The van der Waals surface area contributed by atoms with Crippen LogP contribution >= 0.6 is 0 Å². The number of rotatable bonds is 3. The van der Waals surface area contributed by atoms with Gasteiger partial charge in [-0.3, -0.25) is 4.98 Å². The van der Waals surface area contributed by atoms with Crippen LogP contribution in [0.2, 0.25) is 6.82 Å². The van der Waals surface area contributed by atoms with Crippen molar-refractivity contribution in [3.63, 3.8) is 0 Å². The summed E-state index contributed by atoms with van der Waals surface area (Å²) in [4.78, 5) is 13.9. The molecule has 0 saturated carbocycles. The molecule has 0 aliphatic carbocycles. The largest absolute Gasteiger partial charge is 0.437 e. The monoisotopic (exact) mass is 338 g/mol. The van der Waals surface area contributed by atoms with Crippen LogP contribution in [-0.4, -0.2) is 59.7 Å². The first-order valence-electron chi connectivity index (χ1n) is 8.84. The molecule has 2 aliphatic rings. The minimum absolute atomic E-state index is 0.0247. The van der Waals surface area contributed by atoms with Gasteiger partial charge < -0.3 is 19.5 Å². The van der Waals surface area contributed by atoms with E-state index in [9.17, 15) is 5.02 Å². The number of anilines is 1. The number of morpholine rings is 1. The summed E-state index contributed by atoms with van der Waals surface area (Å²) in [5.74, 6) is 0.895. The summed E-state index contributed by atoms with van der Waals surface area (Å²) in [5.41, 5.74) is 4.07. The van der Waals surface area contributed by atoms with E-state index in [1.165, 1.54) is 0 Å². The number of aromatic nitrogens is 2. The fourth-order valence-electron chi connectivity index (χ4n) is 3.65. The van der Waals surface area contributed by atoms with E-state index in [4.69, 9.17) is 9.72 Å². The maximum absolute atomic E-state index is 10.1. The zero-order chi connectivity index (χ0) is 17.4. The molecule has 3 heterocycles. The molecular weight excluding hydrogens is 315 g/mol. The molecular formula is C18H23BN4O2. The highest BCUT2D eigenvalue weighted by atomic mass is 16.5. The molecule has 25 heavy (non-hydrogen) atoms. The van der Waals surface area contributed by atoms with Gasteiger partial charge in [-0.2, -0.15) is 0 Å². The Balaban J connectivity index is 1.80. The Morgan fingerprint density at radius 3 is 2.84 bits per heavy atom. The zero-order valence-corrected chi connectivity index (χ0v) is 14.7. The molecule has 6 nitrogen and oxygen atoms in total. The molecule has 1 unspecified atom stereocenters. The first-order valence-corrected chi connectivity index (χ1v) is 8.84. The molecule has 1 fully saturated rings. The second-order valence-corrected chi connectivity index (χ2v) is 6.75. The Bertz CT molecular complexity index is 805. The molecule has 0 amide bonds. The summed E-state index contributed by atoms with van der Waals surface area (Å²) in [6, 6.07) is 4.26. The molecule has 1 saturated heterocycles. The van der Waals surface area contributed by atoms with Gasteiger partial charge >= 0.3 is 7.05 Å². The van der Waals surface area contributed by atoms with E-state index >= 15 is 0 Å². The fraction of sp³-hybridized carbons (Fsp3) is 0.444. The van der Waals surface area contributed by atoms with E-state index in [0.29, 0.717) is 0 Å². The van der Waals surface area contributed by atoms with Gasteiger partial charge in [0.2, 0.25) is 0 Å². The third-order valence-corrected chi connectivity index (χ3v) is 4.93. The lowest BCUT2D eigenvalue weighted by Gasteiger charge is -2.29. The average molecular weight is 338 g/mol. The van der Waals surface area contributed by atoms with Crippen molar-refractivity contribution in [3.05, 3.63) is 41.6 Å². The van der Waals surface area contributed by atoms with Crippen molar-refractivity contribution in [1.82, 2.24) is 14.8 Å². The van der Waals surface area contributed by atoms with Crippen LogP contribution in [0, 0.1) is 6.92 Å². The van der Waals surface area contributed by atoms with Gasteiger partial charge in [0.15, 0.2) is 0 Å². The summed E-state index contributed by atoms with van der Waals surface area (Å²) in [5, 5.41) is 10.1. The van der Waals surface area contributed by atoms with Gasteiger partial charge in [0, 0.05) is 31.2 Å². The van der Waals surface area contributed by atoms with Gasteiger partial charge in [0.05, 0.1) is 30.4 Å². The Labute approximate surface area is 148 Å². The minimum Gasteiger partial charge on any atom is -0.437 e. The average Bonchev–Trinajstić information content (AvgIpc) is 3.11. The van der Waals surface area contributed by atoms with E-state index in [2.05, 4.69) is 45.9 Å². The molecule has 1 atom stereocenters. The van der Waals surface area contributed by atoms with Crippen LogP contribution in [0.3, 0.4) is 0 Å². The number of ether oxygens (including phenoxy) is 1. The van der Waals surface area contributed by atoms with E-state index in [0.717, 1.165) is 60.8 Å². The number of fused-ring (bicyclic) bond motifs is 1. The lowest BCUT2D eigenvalue weighted by atomic mass is 9.82. The van der Waals surface area contributed by atoms with Gasteiger partial charge in [-0.05, 0) is 25.4 Å². The summed E-state index contributed by atoms with van der Waals surface area (Å²) in [7, 11) is -0.508. The SMILES string of the molecule is CB(O)N1CC=CC1c1cc(C)cc2ncc(N3CCOCC3)nc12. The molecule has 0 radical (unpaired) electrons. The van der Waals surface area contributed by atoms with Crippen molar-refractivity contribution in [2.45, 2.75) is 19.8 Å². The highest BCUT2D eigenvalue weighted by molar-refractivity contribution is 6.45. The van der Waals surface area contributed by atoms with Gasteiger partial charge in [0.1, 0.15) is 5.82 Å². The van der Waals surface area contributed by atoms with Crippen LogP contribution in [0.25, 0.3) is 11.0 Å². The van der Waals surface area contributed by atoms with Crippen molar-refractivity contribution in [2.24, 2.45) is 0 Å². The smallest absolute Gasteiger partial charge is 0.377 e. The molecule has 4 rings (SSSR count). The van der Waals surface area contributed by atoms with Crippen LogP contribution in [0.1, 0.15) is 17.2 Å². The molecule has 2 aromatic rings. The Kier molecular flexibility index (Phi) is 4.45. The number of nitrogens with zero attached hydrogens (tertiary/aromatic N) is 4. The van der Waals surface area contributed by atoms with Gasteiger partial charge in [-0.15, -0.1) is 0 Å². The van der Waals surface area contributed by atoms with Crippen LogP contribution in [-0.2, 0) is 4.74 Å². The lowest BCUT2D eigenvalue weighted by molar-refractivity contribution is 0.122. The van der Waals surface area contributed by atoms with E-state index in [1.54, 1.807) is 0 Å². The molecule has 0 spiro atoms. The molecule has 1 aromatic heterocycles. The third-order valence-electron chi connectivity index (χ3n) is 4.93. The first kappa shape index (κ1) is 16.5. The maximum atomic E-state index is 10.1. The highest BCUT2D eigenvalue weighted by Gasteiger charge is 2.29. The van der Waals surface area contributed by atoms with E-state index in [-0.39, 0.29) is 6.04 Å². The maximum Gasteiger partial charge on any atom is 0.377 e. The topological polar surface area (TPSA) is 61.7 Å². The third kappa shape index (κ3) is 3.15. The van der Waals surface area contributed by atoms with Crippen LogP contribution in [0.15, 0.2) is 30.5 Å². The van der Waals surface area contributed by atoms with Crippen molar-refractivity contribution < 1.29 is 9.76 Å². The van der Waals surface area contributed by atoms with Crippen molar-refractivity contribution >= 4 is 23.9 Å². The molecule has 1 N–H and O–H groups in total. The second kappa shape index (κ2) is 6.75. The quantitative estimate of drug-likeness (QED) is 0.680. The fourth-order valence-corrected chi connectivity index (χ4v) is 3.65. The number of hydrogen-bond acceptors (Lipinski definition) is 6. The zero-order valence-electron chi connectivity index (χ0n) is 14.7. The molecule has 7 heteroatoms. The Morgan fingerprint density at radius 1 is 1.28 bits per heavy atom. The predicted octanol–water partition coefficient (Wildman–Crippen LogP) is 1.80. The lowest BCUT2D eigenvalue weighted by Crippen LogP contribution is -2.37. The summed E-state index contributed by atoms with van der Waals surface area (Å²) >= 11 is 0. The minimum atomic E-state index is -0.508. The van der Waals surface area contributed by atoms with E-state index in [1.807, 2.05) is 13.0 Å². The van der Waals surface area contributed by atoms with Crippen LogP contribution in [0.4, 0.5) is 5.82 Å². The van der Waals surface area contributed by atoms with Crippen molar-refractivity contribution in [1.29, 1.82) is 0 Å². The van der Waals surface area contributed by atoms with E-state index < -0.39 is 7.05 Å². The van der Waals surface area contributed by atoms with Crippen molar-refractivity contribution in [2.75, 3.05) is 37.7 Å². The molecule has 130 valence electrons. The van der Waals surface area contributed by atoms with Gasteiger partial charge in [-0.25, -0.2) is 4.98 Å². The van der Waals surface area contributed by atoms with Gasteiger partial charge in [0.25, 0.3) is 0 Å². The van der Waals surface area contributed by atoms with Gasteiger partial charge in [-0.1, -0.05) is 18.2 Å². The molecule has 0 bridgehead atoms. The molecule has 2 aliphatic heterocycles. The Hall–Kier alpha value is -1.96. The Morgan fingerprint density at radius 2 is 2.08 bits per heavy atom. The standard InChI is InChI=1S/C18H23BN4O2/c1-13-10-14(16-4-3-5-23(16)19(2)24)18-15(11-13)20-12-17(21-18)22-6-8-25-9-7-22/h3-4,10-12,16,24H,5-9H2,1-2H3. The predicted molar refractivity (Wildman–Crippen MR) is 99.7 cm³/mol. The van der Waals surface area contributed by atoms with Crippen LogP contribution in [0.5, 0.6) is 0 Å². The highest BCUT2D eigenvalue weighted by Crippen LogP contribution is 2.33. The normalized spacial score (nSPS) is 21.2. The number of hydrogen-bond donors (Lipinski definition) is 1. The first-order chi connectivity index (χ1) is 12.1. The van der Waals surface area contributed by atoms with Crippen molar-refractivity contribution in [3.8, 4) is 0 Å².